The molecule has 0 aliphatic heterocycles. The largest absolute Gasteiger partial charge is 0.494 e. The molecular formula is C17H27NO. The van der Waals surface area contributed by atoms with Gasteiger partial charge in [0.1, 0.15) is 5.75 Å². The van der Waals surface area contributed by atoms with E-state index < -0.39 is 0 Å². The van der Waals surface area contributed by atoms with Crippen LogP contribution in [0.2, 0.25) is 0 Å². The number of nitrogens with one attached hydrogen (secondary N) is 1. The maximum atomic E-state index is 5.55. The van der Waals surface area contributed by atoms with Crippen LogP contribution in [0.5, 0.6) is 5.75 Å². The third kappa shape index (κ3) is 4.45. The van der Waals surface area contributed by atoms with Gasteiger partial charge < -0.3 is 10.1 Å². The van der Waals surface area contributed by atoms with Gasteiger partial charge in [0.15, 0.2) is 0 Å². The fourth-order valence-electron chi connectivity index (χ4n) is 3.01. The van der Waals surface area contributed by atoms with Crippen LogP contribution in [-0.4, -0.2) is 12.6 Å². The number of hydrogen-bond donors (Lipinski definition) is 1. The zero-order valence-electron chi connectivity index (χ0n) is 12.3. The van der Waals surface area contributed by atoms with Gasteiger partial charge in [-0.2, -0.15) is 0 Å². The van der Waals surface area contributed by atoms with Crippen LogP contribution in [-0.2, 0) is 0 Å². The van der Waals surface area contributed by atoms with E-state index in [-0.39, 0.29) is 0 Å². The second-order valence-corrected chi connectivity index (χ2v) is 5.58. The Morgan fingerprint density at radius 2 is 2.05 bits per heavy atom. The molecule has 0 heterocycles. The third-order valence-corrected chi connectivity index (χ3v) is 4.18. The molecule has 1 saturated carbocycles. The number of rotatable bonds is 5. The molecule has 2 atom stereocenters. The van der Waals surface area contributed by atoms with Crippen LogP contribution >= 0.6 is 0 Å². The molecule has 0 saturated heterocycles. The average molecular weight is 261 g/mol. The summed E-state index contributed by atoms with van der Waals surface area (Å²) in [7, 11) is 0. The Hall–Kier alpha value is -1.18. The number of anilines is 1. The first kappa shape index (κ1) is 14.2. The summed E-state index contributed by atoms with van der Waals surface area (Å²) >= 11 is 0. The van der Waals surface area contributed by atoms with Crippen LogP contribution in [0.1, 0.15) is 52.4 Å². The Morgan fingerprint density at radius 1 is 1.16 bits per heavy atom. The normalized spacial score (nSPS) is 23.7. The van der Waals surface area contributed by atoms with Crippen molar-refractivity contribution in [2.24, 2.45) is 5.92 Å². The van der Waals surface area contributed by atoms with Crippen LogP contribution in [0.25, 0.3) is 0 Å². The molecule has 0 bridgehead atoms. The van der Waals surface area contributed by atoms with Crippen LogP contribution in [0.3, 0.4) is 0 Å². The van der Waals surface area contributed by atoms with Crippen LogP contribution in [0.4, 0.5) is 5.69 Å². The summed E-state index contributed by atoms with van der Waals surface area (Å²) in [5, 5.41) is 3.68. The summed E-state index contributed by atoms with van der Waals surface area (Å²) in [6, 6.07) is 8.98. The molecule has 0 aromatic heterocycles. The Kier molecular flexibility index (Phi) is 5.56. The smallest absolute Gasteiger partial charge is 0.121 e. The number of benzene rings is 1. The van der Waals surface area contributed by atoms with Crippen molar-refractivity contribution < 1.29 is 4.74 Å². The molecule has 2 rings (SSSR count). The molecule has 1 aliphatic rings. The van der Waals surface area contributed by atoms with Gasteiger partial charge in [-0.25, -0.2) is 0 Å². The predicted molar refractivity (Wildman–Crippen MR) is 81.9 cm³/mol. The maximum absolute atomic E-state index is 5.55. The highest BCUT2D eigenvalue weighted by Gasteiger charge is 2.17. The summed E-state index contributed by atoms with van der Waals surface area (Å²) in [6.45, 7) is 5.07. The Bertz CT molecular complexity index is 377. The molecule has 1 aromatic rings. The van der Waals surface area contributed by atoms with Crippen molar-refractivity contribution in [3.8, 4) is 5.75 Å². The predicted octanol–water partition coefficient (Wildman–Crippen LogP) is 4.86. The molecule has 1 aromatic carbocycles. The lowest BCUT2D eigenvalue weighted by Gasteiger charge is -2.18. The van der Waals surface area contributed by atoms with Crippen molar-refractivity contribution in [2.75, 3.05) is 11.9 Å². The van der Waals surface area contributed by atoms with Crippen molar-refractivity contribution in [3.05, 3.63) is 24.3 Å². The summed E-state index contributed by atoms with van der Waals surface area (Å²) in [6.07, 6.45) is 8.09. The minimum atomic E-state index is 0.633. The van der Waals surface area contributed by atoms with Gasteiger partial charge in [0.2, 0.25) is 0 Å². The Morgan fingerprint density at radius 3 is 2.84 bits per heavy atom. The van der Waals surface area contributed by atoms with E-state index in [2.05, 4.69) is 30.4 Å². The van der Waals surface area contributed by atoms with E-state index in [0.717, 1.165) is 18.3 Å². The van der Waals surface area contributed by atoms with Gasteiger partial charge in [-0.15, -0.1) is 0 Å². The monoisotopic (exact) mass is 261 g/mol. The first-order valence-corrected chi connectivity index (χ1v) is 7.81. The molecule has 0 amide bonds. The zero-order chi connectivity index (χ0) is 13.5. The maximum Gasteiger partial charge on any atom is 0.121 e. The topological polar surface area (TPSA) is 21.3 Å². The van der Waals surface area contributed by atoms with Crippen LogP contribution in [0.15, 0.2) is 24.3 Å². The van der Waals surface area contributed by atoms with Crippen molar-refractivity contribution in [1.82, 2.24) is 0 Å². The third-order valence-electron chi connectivity index (χ3n) is 4.18. The summed E-state index contributed by atoms with van der Waals surface area (Å²) in [5.74, 6) is 1.91. The van der Waals surface area contributed by atoms with E-state index in [1.54, 1.807) is 0 Å². The van der Waals surface area contributed by atoms with Gasteiger partial charge in [-0.3, -0.25) is 0 Å². The second-order valence-electron chi connectivity index (χ2n) is 5.58. The molecular weight excluding hydrogens is 234 g/mol. The second kappa shape index (κ2) is 7.42. The lowest BCUT2D eigenvalue weighted by Crippen LogP contribution is -2.18. The summed E-state index contributed by atoms with van der Waals surface area (Å²) in [5.41, 5.74) is 1.20. The molecule has 19 heavy (non-hydrogen) atoms. The lowest BCUT2D eigenvalue weighted by molar-refractivity contribution is 0.340. The Balaban J connectivity index is 1.91. The number of ether oxygens (including phenoxy) is 1. The van der Waals surface area contributed by atoms with Crippen molar-refractivity contribution in [2.45, 2.75) is 58.4 Å². The van der Waals surface area contributed by atoms with Crippen molar-refractivity contribution >= 4 is 5.69 Å². The zero-order valence-corrected chi connectivity index (χ0v) is 12.3. The van der Waals surface area contributed by atoms with E-state index in [0.29, 0.717) is 6.04 Å². The molecule has 2 nitrogen and oxygen atoms in total. The minimum Gasteiger partial charge on any atom is -0.494 e. The fraction of sp³-hybridized carbons (Fsp3) is 0.647. The fourth-order valence-corrected chi connectivity index (χ4v) is 3.01. The van der Waals surface area contributed by atoms with E-state index in [1.165, 1.54) is 44.2 Å². The highest BCUT2D eigenvalue weighted by Crippen LogP contribution is 2.28. The van der Waals surface area contributed by atoms with E-state index >= 15 is 0 Å². The first-order valence-electron chi connectivity index (χ1n) is 7.81. The van der Waals surface area contributed by atoms with Crippen molar-refractivity contribution in [3.63, 3.8) is 0 Å². The first-order chi connectivity index (χ1) is 9.31. The summed E-state index contributed by atoms with van der Waals surface area (Å²) in [4.78, 5) is 0. The molecule has 2 unspecified atom stereocenters. The van der Waals surface area contributed by atoms with Crippen LogP contribution in [0, 0.1) is 5.92 Å². The molecule has 106 valence electrons. The van der Waals surface area contributed by atoms with E-state index in [4.69, 9.17) is 4.74 Å². The van der Waals surface area contributed by atoms with Gasteiger partial charge in [0, 0.05) is 17.8 Å². The molecule has 0 radical (unpaired) electrons. The quantitative estimate of drug-likeness (QED) is 0.764. The Labute approximate surface area is 117 Å². The van der Waals surface area contributed by atoms with E-state index in [1.807, 2.05) is 13.0 Å². The van der Waals surface area contributed by atoms with Gasteiger partial charge in [0.05, 0.1) is 6.61 Å². The van der Waals surface area contributed by atoms with Crippen LogP contribution < -0.4 is 10.1 Å². The average Bonchev–Trinajstić information content (AvgIpc) is 2.65. The molecule has 1 aliphatic carbocycles. The highest BCUT2D eigenvalue weighted by atomic mass is 16.5. The van der Waals surface area contributed by atoms with Gasteiger partial charge in [-0.1, -0.05) is 32.3 Å². The van der Waals surface area contributed by atoms with Gasteiger partial charge in [-0.05, 0) is 44.2 Å². The minimum absolute atomic E-state index is 0.633. The summed E-state index contributed by atoms with van der Waals surface area (Å²) < 4.78 is 5.55. The standard InChI is InChI=1S/C17H27NO/c1-3-14-7-5-8-15(12-11-14)18-16-9-6-10-17(13-16)19-4-2/h6,9-10,13-15,18H,3-5,7-8,11-12H2,1-2H3. The molecule has 1 N–H and O–H groups in total. The van der Waals surface area contributed by atoms with Gasteiger partial charge in [0.25, 0.3) is 0 Å². The van der Waals surface area contributed by atoms with Gasteiger partial charge >= 0.3 is 0 Å². The highest BCUT2D eigenvalue weighted by molar-refractivity contribution is 5.48. The van der Waals surface area contributed by atoms with Crippen molar-refractivity contribution in [1.29, 1.82) is 0 Å². The lowest BCUT2D eigenvalue weighted by atomic mass is 9.98. The molecule has 1 fully saturated rings. The SMILES string of the molecule is CCOc1cccc(NC2CCCC(CC)CC2)c1. The molecule has 0 spiro atoms. The van der Waals surface area contributed by atoms with E-state index in [9.17, 15) is 0 Å². The molecule has 2 heteroatoms. The number of hydrogen-bond acceptors (Lipinski definition) is 2.